The van der Waals surface area contributed by atoms with Gasteiger partial charge in [-0.2, -0.15) is 0 Å². The van der Waals surface area contributed by atoms with Crippen molar-refractivity contribution in [3.8, 4) is 0 Å². The lowest BCUT2D eigenvalue weighted by Crippen LogP contribution is -2.27. The molecule has 0 radical (unpaired) electrons. The van der Waals surface area contributed by atoms with Gasteiger partial charge in [-0.25, -0.2) is 9.59 Å². The summed E-state index contributed by atoms with van der Waals surface area (Å²) in [7, 11) is 0. The van der Waals surface area contributed by atoms with Crippen LogP contribution in [0.3, 0.4) is 0 Å². The number of rotatable bonds is 2. The minimum atomic E-state index is -1.83. The molecule has 0 aromatic carbocycles. The van der Waals surface area contributed by atoms with Crippen molar-refractivity contribution in [3.05, 3.63) is 31.2 Å². The van der Waals surface area contributed by atoms with E-state index in [-0.39, 0.29) is 0 Å². The van der Waals surface area contributed by atoms with Crippen LogP contribution in [0.5, 0.6) is 0 Å². The summed E-state index contributed by atoms with van der Waals surface area (Å²) in [6.07, 6.45) is -1.03. The molecule has 0 bridgehead atoms. The number of carbonyl (C=O) groups excluding carboxylic acids is 1. The zero-order valence-corrected chi connectivity index (χ0v) is 10.6. The van der Waals surface area contributed by atoms with Crippen LogP contribution in [-0.2, 0) is 9.47 Å². The van der Waals surface area contributed by atoms with Gasteiger partial charge in [0.1, 0.15) is 5.76 Å². The first-order chi connectivity index (χ1) is 8.29. The highest BCUT2D eigenvalue weighted by molar-refractivity contribution is 5.66. The van der Waals surface area contributed by atoms with Crippen molar-refractivity contribution in [1.82, 2.24) is 0 Å². The van der Waals surface area contributed by atoms with E-state index in [1.807, 2.05) is 13.8 Å². The summed E-state index contributed by atoms with van der Waals surface area (Å²) < 4.78 is 9.70. The summed E-state index contributed by atoms with van der Waals surface area (Å²) in [4.78, 5) is 19.2. The summed E-state index contributed by atoms with van der Waals surface area (Å²) in [5.74, 6) is 0.438. The van der Waals surface area contributed by atoms with Crippen molar-refractivity contribution in [2.75, 3.05) is 0 Å². The Morgan fingerprint density at radius 1 is 1.33 bits per heavy atom. The molecular weight excluding hydrogens is 240 g/mol. The number of hydrogen-bond acceptors (Lipinski definition) is 4. The fraction of sp³-hybridized carbons (Fsp3) is 0.417. The minimum absolute atomic E-state index is 0.438. The van der Waals surface area contributed by atoms with Gasteiger partial charge in [-0.05, 0) is 12.8 Å². The molecule has 0 amide bonds. The summed E-state index contributed by atoms with van der Waals surface area (Å²) >= 11 is 0. The summed E-state index contributed by atoms with van der Waals surface area (Å²) in [6.45, 7) is 13.8. The van der Waals surface area contributed by atoms with Gasteiger partial charge in [0.05, 0.1) is 0 Å². The van der Waals surface area contributed by atoms with E-state index in [4.69, 9.17) is 24.5 Å². The molecule has 1 saturated heterocycles. The predicted octanol–water partition coefficient (Wildman–Crippen LogP) is 3.41. The second kappa shape index (κ2) is 8.90. The molecule has 6 nitrogen and oxygen atoms in total. The molecule has 0 unspecified atom stereocenters. The Hall–Kier alpha value is -2.20. The quantitative estimate of drug-likeness (QED) is 0.582. The Bertz CT molecular complexity index is 330. The molecule has 0 atom stereocenters. The lowest BCUT2D eigenvalue weighted by atomic mass is 9.96. The van der Waals surface area contributed by atoms with Crippen molar-refractivity contribution >= 4 is 12.3 Å². The zero-order chi connectivity index (χ0) is 14.8. The third-order valence-electron chi connectivity index (χ3n) is 2.14. The van der Waals surface area contributed by atoms with Crippen molar-refractivity contribution in [2.24, 2.45) is 0 Å². The van der Waals surface area contributed by atoms with Crippen molar-refractivity contribution in [3.63, 3.8) is 0 Å². The number of hydrogen-bond donors (Lipinski definition) is 2. The zero-order valence-electron chi connectivity index (χ0n) is 10.6. The van der Waals surface area contributed by atoms with E-state index in [1.54, 1.807) is 0 Å². The molecule has 1 fully saturated rings. The van der Waals surface area contributed by atoms with Crippen LogP contribution < -0.4 is 0 Å². The number of ether oxygens (including phenoxy) is 2. The van der Waals surface area contributed by atoms with E-state index >= 15 is 0 Å². The second-order valence-corrected chi connectivity index (χ2v) is 3.11. The van der Waals surface area contributed by atoms with E-state index in [9.17, 15) is 4.79 Å². The number of carbonyl (C=O) groups is 2. The molecule has 1 rings (SSSR count). The summed E-state index contributed by atoms with van der Waals surface area (Å²) in [5.41, 5.74) is 1.69. The standard InChI is InChI=1S/C8H12O3.C3H4.CH2O3/c1-4-8(5-2)6(3)10-7(9)11-8;1-3-2;2-1(3)4/h3-5H2,1-2H3;1-2H2;(H2,2,3,4). The van der Waals surface area contributed by atoms with E-state index in [2.05, 4.69) is 25.5 Å². The molecule has 0 saturated carbocycles. The highest BCUT2D eigenvalue weighted by atomic mass is 16.8. The van der Waals surface area contributed by atoms with Crippen LogP contribution in [0.15, 0.2) is 31.2 Å². The lowest BCUT2D eigenvalue weighted by Gasteiger charge is -2.21. The molecule has 6 heteroatoms. The van der Waals surface area contributed by atoms with E-state index in [1.165, 1.54) is 0 Å². The van der Waals surface area contributed by atoms with Gasteiger partial charge >= 0.3 is 12.3 Å². The Morgan fingerprint density at radius 2 is 1.67 bits per heavy atom. The van der Waals surface area contributed by atoms with E-state index in [0.29, 0.717) is 18.6 Å². The van der Waals surface area contributed by atoms with Crippen LogP contribution >= 0.6 is 0 Å². The fourth-order valence-corrected chi connectivity index (χ4v) is 1.22. The molecule has 0 aliphatic carbocycles. The molecular formula is C12H18O6. The van der Waals surface area contributed by atoms with Crippen LogP contribution in [-0.4, -0.2) is 28.1 Å². The van der Waals surface area contributed by atoms with Crippen LogP contribution in [0.2, 0.25) is 0 Å². The maximum atomic E-state index is 10.7. The van der Waals surface area contributed by atoms with Gasteiger partial charge in [-0.15, -0.1) is 5.73 Å². The molecule has 18 heavy (non-hydrogen) atoms. The molecule has 1 aliphatic rings. The highest BCUT2D eigenvalue weighted by Gasteiger charge is 2.43. The molecule has 0 aromatic heterocycles. The van der Waals surface area contributed by atoms with Gasteiger partial charge in [-0.3, -0.25) is 0 Å². The highest BCUT2D eigenvalue weighted by Crippen LogP contribution is 2.35. The van der Waals surface area contributed by atoms with Crippen molar-refractivity contribution in [2.45, 2.75) is 32.3 Å². The lowest BCUT2D eigenvalue weighted by molar-refractivity contribution is 0.0600. The number of carboxylic acid groups (broad SMARTS) is 2. The van der Waals surface area contributed by atoms with Gasteiger partial charge in [0, 0.05) is 0 Å². The average Bonchev–Trinajstić information content (AvgIpc) is 2.54. The maximum Gasteiger partial charge on any atom is 0.514 e. The molecule has 0 spiro atoms. The van der Waals surface area contributed by atoms with Crippen molar-refractivity contribution < 1.29 is 29.3 Å². The number of cyclic esters (lactones) is 2. The maximum absolute atomic E-state index is 10.7. The Balaban J connectivity index is 0. The van der Waals surface area contributed by atoms with E-state index < -0.39 is 17.9 Å². The van der Waals surface area contributed by atoms with Crippen LogP contribution in [0.1, 0.15) is 26.7 Å². The third-order valence-corrected chi connectivity index (χ3v) is 2.14. The third kappa shape index (κ3) is 6.40. The largest absolute Gasteiger partial charge is 0.514 e. The van der Waals surface area contributed by atoms with Crippen molar-refractivity contribution in [1.29, 1.82) is 0 Å². The van der Waals surface area contributed by atoms with Crippen LogP contribution in [0, 0.1) is 0 Å². The summed E-state index contributed by atoms with van der Waals surface area (Å²) in [5, 5.41) is 13.9. The first-order valence-electron chi connectivity index (χ1n) is 5.10. The smallest absolute Gasteiger partial charge is 0.450 e. The molecule has 2 N–H and O–H groups in total. The molecule has 0 aromatic rings. The first-order valence-corrected chi connectivity index (χ1v) is 5.10. The predicted molar refractivity (Wildman–Crippen MR) is 65.4 cm³/mol. The van der Waals surface area contributed by atoms with Gasteiger partial charge in [0.2, 0.25) is 0 Å². The molecule has 1 aliphatic heterocycles. The van der Waals surface area contributed by atoms with Crippen LogP contribution in [0.4, 0.5) is 9.59 Å². The Labute approximate surface area is 106 Å². The Kier molecular flexibility index (Phi) is 8.98. The SMILES string of the molecule is C=C1OC(=O)OC1(CC)CC.C=C=C.O=C(O)O. The topological polar surface area (TPSA) is 93.1 Å². The normalized spacial score (nSPS) is 14.8. The second-order valence-electron chi connectivity index (χ2n) is 3.11. The average molecular weight is 258 g/mol. The van der Waals surface area contributed by atoms with Crippen LogP contribution in [0.25, 0.3) is 0 Å². The van der Waals surface area contributed by atoms with Gasteiger partial charge in [0.15, 0.2) is 5.60 Å². The molecule has 1 heterocycles. The summed E-state index contributed by atoms with van der Waals surface area (Å²) in [6, 6.07) is 0. The fourth-order valence-electron chi connectivity index (χ4n) is 1.22. The van der Waals surface area contributed by atoms with Gasteiger partial charge in [-0.1, -0.05) is 33.6 Å². The first kappa shape index (κ1) is 18.2. The molecule has 102 valence electrons. The van der Waals surface area contributed by atoms with E-state index in [0.717, 1.165) is 0 Å². The minimum Gasteiger partial charge on any atom is -0.450 e. The monoisotopic (exact) mass is 258 g/mol. The van der Waals surface area contributed by atoms with Gasteiger partial charge < -0.3 is 19.7 Å². The van der Waals surface area contributed by atoms with Gasteiger partial charge in [0.25, 0.3) is 0 Å². The Morgan fingerprint density at radius 3 is 1.78 bits per heavy atom.